The van der Waals surface area contributed by atoms with Crippen molar-refractivity contribution in [3.63, 3.8) is 0 Å². The molecule has 2 aromatic rings. The van der Waals surface area contributed by atoms with Gasteiger partial charge in [0.15, 0.2) is 10.8 Å². The average molecular weight is 364 g/mol. The lowest BCUT2D eigenvalue weighted by Gasteiger charge is -2.20. The highest BCUT2D eigenvalue weighted by molar-refractivity contribution is 7.63. The number of rotatable bonds is 8. The molecule has 0 amide bonds. The van der Waals surface area contributed by atoms with E-state index in [0.717, 1.165) is 0 Å². The smallest absolute Gasteiger partial charge is 0.223 e. The minimum atomic E-state index is -2.38. The predicted octanol–water partition coefficient (Wildman–Crippen LogP) is 2.78. The van der Waals surface area contributed by atoms with Crippen LogP contribution in [0.2, 0.25) is 5.15 Å². The molecule has 128 valence electrons. The number of nitrogens with two attached hydrogens (primary N) is 1. The van der Waals surface area contributed by atoms with Gasteiger partial charge in [0, 0.05) is 12.3 Å². The third kappa shape index (κ3) is 4.19. The van der Waals surface area contributed by atoms with Gasteiger partial charge in [0.1, 0.15) is 31.8 Å². The van der Waals surface area contributed by atoms with Gasteiger partial charge in [-0.2, -0.15) is 9.97 Å². The van der Waals surface area contributed by atoms with Crippen molar-refractivity contribution in [2.75, 3.05) is 31.1 Å². The monoisotopic (exact) mass is 363 g/mol. The first-order valence-corrected chi connectivity index (χ1v) is 9.95. The first kappa shape index (κ1) is 18.1. The fourth-order valence-electron chi connectivity index (χ4n) is 2.07. The molecule has 2 heterocycles. The Labute approximate surface area is 138 Å². The molecule has 1 atom stereocenters. The van der Waals surface area contributed by atoms with Crippen molar-refractivity contribution >= 4 is 35.9 Å². The number of fused-ring (bicyclic) bond motifs is 1. The number of alkyl halides is 1. The van der Waals surface area contributed by atoms with E-state index in [2.05, 4.69) is 15.0 Å². The Morgan fingerprint density at radius 2 is 2.13 bits per heavy atom. The van der Waals surface area contributed by atoms with E-state index in [9.17, 15) is 8.96 Å². The number of hydrogen-bond acceptors (Lipinski definition) is 6. The molecule has 0 bridgehead atoms. The van der Waals surface area contributed by atoms with E-state index in [1.165, 1.54) is 6.33 Å². The molecule has 2 N–H and O–H groups in total. The van der Waals surface area contributed by atoms with Gasteiger partial charge < -0.3 is 19.6 Å². The number of hydrogen-bond donors (Lipinski definition) is 1. The molecule has 0 fully saturated rings. The van der Waals surface area contributed by atoms with Crippen LogP contribution >= 0.6 is 18.7 Å². The summed E-state index contributed by atoms with van der Waals surface area (Å²) in [7, 11) is -2.38. The molecule has 0 saturated carbocycles. The fraction of sp³-hybridized carbons (Fsp3) is 0.615. The Kier molecular flexibility index (Phi) is 5.95. The molecule has 2 rings (SSSR count). The maximum Gasteiger partial charge on any atom is 0.223 e. The second kappa shape index (κ2) is 7.55. The predicted molar refractivity (Wildman–Crippen MR) is 89.1 cm³/mol. The lowest BCUT2D eigenvalue weighted by molar-refractivity contribution is 0.0521. The standard InChI is InChI=1S/C13H20ClFN5O2P/c1-3-23(21,4-2)8-22-9(5-15)6-20-7-17-10-11(14)18-13(16)19-12(10)20/h7,9H,3-6,8H2,1-2H3,(H2,16,18,19)/t9-/m1/s1. The molecule has 2 aromatic heterocycles. The summed E-state index contributed by atoms with van der Waals surface area (Å²) < 4.78 is 32.7. The topological polar surface area (TPSA) is 95.9 Å². The van der Waals surface area contributed by atoms with Gasteiger partial charge in [-0.05, 0) is 0 Å². The summed E-state index contributed by atoms with van der Waals surface area (Å²) in [4.78, 5) is 12.0. The van der Waals surface area contributed by atoms with E-state index in [0.29, 0.717) is 23.5 Å². The van der Waals surface area contributed by atoms with E-state index >= 15 is 0 Å². The third-order valence-electron chi connectivity index (χ3n) is 3.71. The second-order valence-electron chi connectivity index (χ2n) is 5.20. The number of imidazole rings is 1. The van der Waals surface area contributed by atoms with Crippen molar-refractivity contribution in [2.24, 2.45) is 0 Å². The normalized spacial score (nSPS) is 13.6. The van der Waals surface area contributed by atoms with Crippen molar-refractivity contribution < 1.29 is 13.7 Å². The molecule has 0 radical (unpaired) electrons. The zero-order valence-corrected chi connectivity index (χ0v) is 14.7. The van der Waals surface area contributed by atoms with Crippen LogP contribution in [0.3, 0.4) is 0 Å². The van der Waals surface area contributed by atoms with Crippen LogP contribution in [0.1, 0.15) is 13.8 Å². The second-order valence-corrected chi connectivity index (χ2v) is 9.20. The molecular formula is C13H20ClFN5O2P. The van der Waals surface area contributed by atoms with Gasteiger partial charge >= 0.3 is 0 Å². The van der Waals surface area contributed by atoms with Crippen LogP contribution in [0.15, 0.2) is 6.33 Å². The molecule has 0 aliphatic heterocycles. The fourth-order valence-corrected chi connectivity index (χ4v) is 3.59. The van der Waals surface area contributed by atoms with Crippen LogP contribution in [0.25, 0.3) is 11.2 Å². The Morgan fingerprint density at radius 3 is 2.74 bits per heavy atom. The molecule has 23 heavy (non-hydrogen) atoms. The van der Waals surface area contributed by atoms with Gasteiger partial charge in [-0.1, -0.05) is 25.4 Å². The molecule has 0 saturated heterocycles. The first-order chi connectivity index (χ1) is 10.9. The maximum absolute atomic E-state index is 13.3. The van der Waals surface area contributed by atoms with Crippen molar-refractivity contribution in [1.82, 2.24) is 19.5 Å². The summed E-state index contributed by atoms with van der Waals surface area (Å²) in [5.74, 6) is 0.0171. The Bertz CT molecular complexity index is 718. The van der Waals surface area contributed by atoms with E-state index < -0.39 is 19.9 Å². The van der Waals surface area contributed by atoms with Crippen LogP contribution in [0.5, 0.6) is 0 Å². The summed E-state index contributed by atoms with van der Waals surface area (Å²) in [6, 6.07) is 0. The molecule has 0 spiro atoms. The van der Waals surface area contributed by atoms with Crippen molar-refractivity contribution in [3.05, 3.63) is 11.5 Å². The van der Waals surface area contributed by atoms with Crippen LogP contribution in [-0.2, 0) is 15.8 Å². The minimum Gasteiger partial charge on any atom is -0.368 e. The number of nitrogen functional groups attached to an aromatic ring is 1. The van der Waals surface area contributed by atoms with Crippen molar-refractivity contribution in [1.29, 1.82) is 0 Å². The number of anilines is 1. The highest BCUT2D eigenvalue weighted by Crippen LogP contribution is 2.44. The van der Waals surface area contributed by atoms with E-state index in [-0.39, 0.29) is 24.0 Å². The number of halogens is 2. The average Bonchev–Trinajstić information content (AvgIpc) is 2.94. The van der Waals surface area contributed by atoms with Crippen LogP contribution in [0.4, 0.5) is 10.3 Å². The zero-order valence-electron chi connectivity index (χ0n) is 13.1. The maximum atomic E-state index is 13.3. The molecular weight excluding hydrogens is 344 g/mol. The van der Waals surface area contributed by atoms with Gasteiger partial charge in [0.2, 0.25) is 5.95 Å². The molecule has 0 aromatic carbocycles. The van der Waals surface area contributed by atoms with E-state index in [1.807, 2.05) is 13.8 Å². The van der Waals surface area contributed by atoms with Gasteiger partial charge in [0.05, 0.1) is 12.9 Å². The molecule has 0 aliphatic rings. The van der Waals surface area contributed by atoms with E-state index in [4.69, 9.17) is 22.1 Å². The van der Waals surface area contributed by atoms with E-state index in [1.54, 1.807) is 4.57 Å². The SMILES string of the molecule is CCP(=O)(CC)CO[C@H](CF)Cn1cnc2c(Cl)nc(N)nc21. The number of ether oxygens (including phenoxy) is 1. The van der Waals surface area contributed by atoms with Gasteiger partial charge in [-0.3, -0.25) is 0 Å². The summed E-state index contributed by atoms with van der Waals surface area (Å²) in [5, 5.41) is 0.144. The van der Waals surface area contributed by atoms with Crippen LogP contribution in [-0.4, -0.2) is 51.0 Å². The summed E-state index contributed by atoms with van der Waals surface area (Å²) in [6.45, 7) is 3.17. The molecule has 7 nitrogen and oxygen atoms in total. The lowest BCUT2D eigenvalue weighted by Crippen LogP contribution is -2.23. The molecule has 0 aliphatic carbocycles. The van der Waals surface area contributed by atoms with Crippen LogP contribution < -0.4 is 5.73 Å². The van der Waals surface area contributed by atoms with Crippen molar-refractivity contribution in [3.8, 4) is 0 Å². The number of nitrogens with zero attached hydrogens (tertiary/aromatic N) is 4. The van der Waals surface area contributed by atoms with Gasteiger partial charge in [-0.25, -0.2) is 9.37 Å². The van der Waals surface area contributed by atoms with Gasteiger partial charge in [0.25, 0.3) is 0 Å². The van der Waals surface area contributed by atoms with Crippen LogP contribution in [0, 0.1) is 0 Å². The lowest BCUT2D eigenvalue weighted by atomic mass is 10.4. The largest absolute Gasteiger partial charge is 0.368 e. The quantitative estimate of drug-likeness (QED) is 0.572. The summed E-state index contributed by atoms with van der Waals surface area (Å²) in [6.07, 6.45) is 1.88. The molecule has 0 unspecified atom stereocenters. The Balaban J connectivity index is 2.15. The Hall–Kier alpha value is -1.24. The Morgan fingerprint density at radius 1 is 1.43 bits per heavy atom. The zero-order chi connectivity index (χ0) is 17.0. The highest BCUT2D eigenvalue weighted by Gasteiger charge is 2.21. The number of aromatic nitrogens is 4. The third-order valence-corrected chi connectivity index (χ3v) is 6.90. The van der Waals surface area contributed by atoms with Crippen molar-refractivity contribution in [2.45, 2.75) is 26.5 Å². The molecule has 10 heteroatoms. The first-order valence-electron chi connectivity index (χ1n) is 7.31. The van der Waals surface area contributed by atoms with Gasteiger partial charge in [-0.15, -0.1) is 0 Å². The minimum absolute atomic E-state index is 0.0171. The highest BCUT2D eigenvalue weighted by atomic mass is 35.5. The summed E-state index contributed by atoms with van der Waals surface area (Å²) >= 11 is 5.96. The summed E-state index contributed by atoms with van der Waals surface area (Å²) in [5.41, 5.74) is 6.39.